The van der Waals surface area contributed by atoms with Crippen molar-refractivity contribution in [1.29, 1.82) is 0 Å². The van der Waals surface area contributed by atoms with Gasteiger partial charge in [0, 0.05) is 12.7 Å². The zero-order valence-electron chi connectivity index (χ0n) is 9.73. The van der Waals surface area contributed by atoms with E-state index in [1.54, 1.807) is 6.07 Å². The molecule has 0 saturated carbocycles. The molecule has 1 aromatic heterocycles. The predicted molar refractivity (Wildman–Crippen MR) is 63.6 cm³/mol. The summed E-state index contributed by atoms with van der Waals surface area (Å²) in [6, 6.07) is 1.37. The fourth-order valence-electron chi connectivity index (χ4n) is 1.75. The van der Waals surface area contributed by atoms with Crippen molar-refractivity contribution in [2.24, 2.45) is 10.9 Å². The van der Waals surface area contributed by atoms with E-state index in [4.69, 9.17) is 15.7 Å². The number of morpholine rings is 1. The van der Waals surface area contributed by atoms with Crippen LogP contribution in [0.15, 0.2) is 17.4 Å². The van der Waals surface area contributed by atoms with Crippen molar-refractivity contribution in [3.8, 4) is 0 Å². The number of ether oxygens (including phenoxy) is 1. The third-order valence-electron chi connectivity index (χ3n) is 2.71. The summed E-state index contributed by atoms with van der Waals surface area (Å²) in [5, 5.41) is 20.8. The van der Waals surface area contributed by atoms with Gasteiger partial charge >= 0.3 is 0 Å². The maximum Gasteiger partial charge on any atom is 0.226 e. The lowest BCUT2D eigenvalue weighted by Crippen LogP contribution is -2.48. The van der Waals surface area contributed by atoms with E-state index >= 15 is 0 Å². The summed E-state index contributed by atoms with van der Waals surface area (Å²) in [7, 11) is 0. The number of aliphatic hydroxyl groups excluding tert-OH is 1. The van der Waals surface area contributed by atoms with Gasteiger partial charge in [0.2, 0.25) is 5.95 Å². The molecule has 1 aliphatic rings. The average molecular weight is 253 g/mol. The zero-order valence-corrected chi connectivity index (χ0v) is 9.73. The molecule has 1 fully saturated rings. The van der Waals surface area contributed by atoms with Gasteiger partial charge in [0.1, 0.15) is 5.69 Å². The van der Waals surface area contributed by atoms with Gasteiger partial charge in [-0.25, -0.2) is 9.97 Å². The first-order valence-electron chi connectivity index (χ1n) is 5.52. The van der Waals surface area contributed by atoms with Crippen molar-refractivity contribution < 1.29 is 15.1 Å². The lowest BCUT2D eigenvalue weighted by Gasteiger charge is -2.34. The predicted octanol–water partition coefficient (Wildman–Crippen LogP) is -1.23. The Hall–Kier alpha value is -1.93. The number of rotatable bonds is 3. The summed E-state index contributed by atoms with van der Waals surface area (Å²) >= 11 is 0. The smallest absolute Gasteiger partial charge is 0.226 e. The van der Waals surface area contributed by atoms with E-state index in [2.05, 4.69) is 15.1 Å². The normalized spacial score (nSPS) is 21.1. The molecule has 8 nitrogen and oxygen atoms in total. The van der Waals surface area contributed by atoms with Crippen LogP contribution < -0.4 is 10.6 Å². The lowest BCUT2D eigenvalue weighted by atomic mass is 10.2. The van der Waals surface area contributed by atoms with E-state index < -0.39 is 0 Å². The quantitative estimate of drug-likeness (QED) is 0.267. The molecule has 0 aromatic carbocycles. The average Bonchev–Trinajstić information content (AvgIpc) is 2.46. The largest absolute Gasteiger partial charge is 0.409 e. The number of anilines is 1. The van der Waals surface area contributed by atoms with E-state index in [1.807, 2.05) is 4.90 Å². The number of aromatic nitrogens is 2. The van der Waals surface area contributed by atoms with Crippen LogP contribution in [0.3, 0.4) is 0 Å². The molecule has 1 atom stereocenters. The van der Waals surface area contributed by atoms with Gasteiger partial charge < -0.3 is 25.7 Å². The molecule has 1 saturated heterocycles. The van der Waals surface area contributed by atoms with Crippen LogP contribution in [0.1, 0.15) is 5.69 Å². The maximum atomic E-state index is 9.28. The summed E-state index contributed by atoms with van der Waals surface area (Å²) in [4.78, 5) is 10.2. The Labute approximate surface area is 104 Å². The molecule has 0 spiro atoms. The molecule has 0 bridgehead atoms. The minimum Gasteiger partial charge on any atom is -0.409 e. The number of amidine groups is 1. The van der Waals surface area contributed by atoms with Gasteiger partial charge in [0.05, 0.1) is 25.9 Å². The first-order chi connectivity index (χ1) is 8.76. The monoisotopic (exact) mass is 253 g/mol. The molecule has 1 aliphatic heterocycles. The van der Waals surface area contributed by atoms with E-state index in [-0.39, 0.29) is 18.5 Å². The molecule has 98 valence electrons. The molecule has 0 radical (unpaired) electrons. The number of nitrogens with zero attached hydrogens (tertiary/aromatic N) is 4. The first-order valence-corrected chi connectivity index (χ1v) is 5.52. The second-order valence-corrected chi connectivity index (χ2v) is 3.83. The van der Waals surface area contributed by atoms with Crippen LogP contribution in [-0.2, 0) is 4.74 Å². The molecule has 1 aromatic rings. The van der Waals surface area contributed by atoms with Crippen molar-refractivity contribution >= 4 is 11.8 Å². The number of aliphatic hydroxyl groups is 1. The summed E-state index contributed by atoms with van der Waals surface area (Å²) < 4.78 is 5.28. The van der Waals surface area contributed by atoms with Crippen LogP contribution >= 0.6 is 0 Å². The fourth-order valence-corrected chi connectivity index (χ4v) is 1.75. The maximum absolute atomic E-state index is 9.28. The highest BCUT2D eigenvalue weighted by Gasteiger charge is 2.24. The summed E-state index contributed by atoms with van der Waals surface area (Å²) in [6.07, 6.45) is 1.53. The number of nitrogens with two attached hydrogens (primary N) is 1. The number of hydrogen-bond acceptors (Lipinski definition) is 7. The van der Waals surface area contributed by atoms with Gasteiger partial charge in [0.15, 0.2) is 5.84 Å². The van der Waals surface area contributed by atoms with E-state index in [1.165, 1.54) is 6.20 Å². The Bertz CT molecular complexity index is 439. The highest BCUT2D eigenvalue weighted by atomic mass is 16.5. The van der Waals surface area contributed by atoms with E-state index in [9.17, 15) is 5.11 Å². The Morgan fingerprint density at radius 2 is 2.50 bits per heavy atom. The molecule has 18 heavy (non-hydrogen) atoms. The van der Waals surface area contributed by atoms with Crippen LogP contribution in [0.25, 0.3) is 0 Å². The number of hydrogen-bond donors (Lipinski definition) is 3. The highest BCUT2D eigenvalue weighted by Crippen LogP contribution is 2.14. The standard InChI is InChI=1S/C10H15N5O3/c11-9(14-17)8-1-2-12-10(13-8)15-3-4-18-6-7(15)5-16/h1-2,7,16-17H,3-6H2,(H2,11,14). The molecule has 1 unspecified atom stereocenters. The molecule has 0 amide bonds. The van der Waals surface area contributed by atoms with Crippen LogP contribution in [-0.4, -0.2) is 58.5 Å². The molecular formula is C10H15N5O3. The second kappa shape index (κ2) is 5.61. The molecular weight excluding hydrogens is 238 g/mol. The molecule has 2 heterocycles. The summed E-state index contributed by atoms with van der Waals surface area (Å²) in [5.74, 6) is 0.355. The fraction of sp³-hybridized carbons (Fsp3) is 0.500. The third kappa shape index (κ3) is 2.49. The molecule has 2 rings (SSSR count). The Balaban J connectivity index is 2.26. The Morgan fingerprint density at radius 1 is 1.67 bits per heavy atom. The zero-order chi connectivity index (χ0) is 13.0. The molecule has 0 aliphatic carbocycles. The van der Waals surface area contributed by atoms with Gasteiger partial charge in [-0.05, 0) is 6.07 Å². The second-order valence-electron chi connectivity index (χ2n) is 3.83. The van der Waals surface area contributed by atoms with Crippen LogP contribution in [0.4, 0.5) is 5.95 Å². The van der Waals surface area contributed by atoms with Crippen LogP contribution in [0, 0.1) is 0 Å². The van der Waals surface area contributed by atoms with Gasteiger partial charge in [0.25, 0.3) is 0 Å². The highest BCUT2D eigenvalue weighted by molar-refractivity contribution is 5.95. The first kappa shape index (κ1) is 12.5. The van der Waals surface area contributed by atoms with E-state index in [0.717, 1.165) is 0 Å². The van der Waals surface area contributed by atoms with Crippen molar-refractivity contribution in [2.75, 3.05) is 31.3 Å². The Morgan fingerprint density at radius 3 is 3.22 bits per heavy atom. The van der Waals surface area contributed by atoms with Crippen molar-refractivity contribution in [1.82, 2.24) is 9.97 Å². The van der Waals surface area contributed by atoms with Crippen molar-refractivity contribution in [3.63, 3.8) is 0 Å². The van der Waals surface area contributed by atoms with Crippen LogP contribution in [0.5, 0.6) is 0 Å². The third-order valence-corrected chi connectivity index (χ3v) is 2.71. The van der Waals surface area contributed by atoms with Crippen molar-refractivity contribution in [2.45, 2.75) is 6.04 Å². The number of oxime groups is 1. The van der Waals surface area contributed by atoms with Gasteiger partial charge in [-0.3, -0.25) is 0 Å². The molecule has 8 heteroatoms. The lowest BCUT2D eigenvalue weighted by molar-refractivity contribution is 0.0718. The minimum absolute atomic E-state index is 0.0445. The van der Waals surface area contributed by atoms with E-state index in [0.29, 0.717) is 31.4 Å². The molecule has 4 N–H and O–H groups in total. The van der Waals surface area contributed by atoms with Gasteiger partial charge in [-0.15, -0.1) is 0 Å². The van der Waals surface area contributed by atoms with Crippen LogP contribution in [0.2, 0.25) is 0 Å². The topological polar surface area (TPSA) is 117 Å². The summed E-state index contributed by atoms with van der Waals surface area (Å²) in [6.45, 7) is 1.52. The van der Waals surface area contributed by atoms with Gasteiger partial charge in [-0.1, -0.05) is 5.16 Å². The SMILES string of the molecule is N/C(=N/O)c1ccnc(N2CCOCC2CO)n1. The van der Waals surface area contributed by atoms with Crippen molar-refractivity contribution in [3.05, 3.63) is 18.0 Å². The van der Waals surface area contributed by atoms with Gasteiger partial charge in [-0.2, -0.15) is 0 Å². The summed E-state index contributed by atoms with van der Waals surface area (Å²) in [5.41, 5.74) is 5.82. The minimum atomic E-state index is -0.179. The Kier molecular flexibility index (Phi) is 3.90.